The second kappa shape index (κ2) is 4.19. The fourth-order valence-electron chi connectivity index (χ4n) is 2.41. The maximum absolute atomic E-state index is 3.61. The molecule has 1 aliphatic carbocycles. The molecule has 2 aromatic rings. The van der Waals surface area contributed by atoms with Crippen LogP contribution in [0.5, 0.6) is 0 Å². The van der Waals surface area contributed by atoms with Crippen LogP contribution in [0.15, 0.2) is 30.5 Å². The lowest BCUT2D eigenvalue weighted by Gasteiger charge is -2.13. The van der Waals surface area contributed by atoms with Gasteiger partial charge in [0, 0.05) is 24.8 Å². The Balaban J connectivity index is 1.99. The van der Waals surface area contributed by atoms with Crippen LogP contribution in [0.25, 0.3) is 10.9 Å². The summed E-state index contributed by atoms with van der Waals surface area (Å²) >= 11 is 0. The van der Waals surface area contributed by atoms with Gasteiger partial charge in [-0.25, -0.2) is 0 Å². The van der Waals surface area contributed by atoms with Crippen molar-refractivity contribution in [2.75, 3.05) is 0 Å². The highest BCUT2D eigenvalue weighted by atomic mass is 15.0. The molecule has 0 atom stereocenters. The van der Waals surface area contributed by atoms with Gasteiger partial charge in [0.2, 0.25) is 0 Å². The molecule has 0 amide bonds. The molecule has 90 valence electrons. The number of rotatable bonds is 4. The Kier molecular flexibility index (Phi) is 2.67. The molecule has 1 N–H and O–H groups in total. The summed E-state index contributed by atoms with van der Waals surface area (Å²) in [6, 6.07) is 10.1. The predicted molar refractivity (Wildman–Crippen MR) is 72.2 cm³/mol. The van der Waals surface area contributed by atoms with Gasteiger partial charge in [0.25, 0.3) is 0 Å². The molecule has 1 aromatic heterocycles. The van der Waals surface area contributed by atoms with Crippen LogP contribution in [0.2, 0.25) is 0 Å². The lowest BCUT2D eigenvalue weighted by Crippen LogP contribution is -2.16. The average molecular weight is 228 g/mol. The summed E-state index contributed by atoms with van der Waals surface area (Å²) in [5.41, 5.74) is 2.82. The molecule has 1 aromatic carbocycles. The van der Waals surface area contributed by atoms with Crippen molar-refractivity contribution in [1.29, 1.82) is 0 Å². The van der Waals surface area contributed by atoms with Crippen LogP contribution in [-0.4, -0.2) is 10.6 Å². The maximum atomic E-state index is 3.61. The van der Waals surface area contributed by atoms with Gasteiger partial charge >= 0.3 is 0 Å². The van der Waals surface area contributed by atoms with Crippen LogP contribution in [0.4, 0.5) is 0 Å². The summed E-state index contributed by atoms with van der Waals surface area (Å²) in [6.45, 7) is 5.48. The Labute approximate surface area is 103 Å². The number of hydrogen-bond donors (Lipinski definition) is 1. The van der Waals surface area contributed by atoms with E-state index in [1.54, 1.807) is 0 Å². The van der Waals surface area contributed by atoms with E-state index >= 15 is 0 Å². The highest BCUT2D eigenvalue weighted by Gasteiger charge is 2.20. The molecule has 0 bridgehead atoms. The van der Waals surface area contributed by atoms with Crippen LogP contribution < -0.4 is 5.32 Å². The van der Waals surface area contributed by atoms with E-state index in [9.17, 15) is 0 Å². The third-order valence-corrected chi connectivity index (χ3v) is 3.54. The van der Waals surface area contributed by atoms with Crippen LogP contribution in [0.1, 0.15) is 38.3 Å². The molecular formula is C15H20N2. The number of nitrogens with zero attached hydrogens (tertiary/aromatic N) is 1. The molecule has 0 unspecified atom stereocenters. The molecule has 1 fully saturated rings. The molecular weight excluding hydrogens is 208 g/mol. The Hall–Kier alpha value is -1.28. The van der Waals surface area contributed by atoms with Crippen molar-refractivity contribution in [3.8, 4) is 0 Å². The van der Waals surface area contributed by atoms with Crippen LogP contribution in [0.3, 0.4) is 0 Å². The fraction of sp³-hybridized carbons (Fsp3) is 0.467. The molecule has 0 saturated heterocycles. The largest absolute Gasteiger partial charge is 0.345 e. The van der Waals surface area contributed by atoms with Crippen molar-refractivity contribution in [2.45, 2.75) is 45.3 Å². The lowest BCUT2D eigenvalue weighted by molar-refractivity contribution is 0.617. The number of hydrogen-bond acceptors (Lipinski definition) is 1. The van der Waals surface area contributed by atoms with Gasteiger partial charge in [-0.3, -0.25) is 0 Å². The second-order valence-corrected chi connectivity index (χ2v) is 5.33. The number of nitrogens with one attached hydrogen (secondary N) is 1. The van der Waals surface area contributed by atoms with Gasteiger partial charge in [-0.2, -0.15) is 0 Å². The van der Waals surface area contributed by atoms with E-state index in [2.05, 4.69) is 54.2 Å². The van der Waals surface area contributed by atoms with Gasteiger partial charge in [-0.15, -0.1) is 0 Å². The van der Waals surface area contributed by atoms with E-state index in [1.165, 1.54) is 29.3 Å². The van der Waals surface area contributed by atoms with Gasteiger partial charge in [-0.1, -0.05) is 18.2 Å². The molecule has 1 heterocycles. The van der Waals surface area contributed by atoms with E-state index in [1.807, 2.05) is 0 Å². The molecule has 1 saturated carbocycles. The van der Waals surface area contributed by atoms with Crippen LogP contribution in [-0.2, 0) is 6.54 Å². The standard InChI is InChI=1S/C15H20N2/c1-11(2)17-9-8-12-4-3-5-13(15(12)17)10-16-14-6-7-14/h3-5,8-9,11,14,16H,6-7,10H2,1-2H3. The Morgan fingerprint density at radius 3 is 2.82 bits per heavy atom. The Bertz CT molecular complexity index is 521. The molecule has 0 aliphatic heterocycles. The SMILES string of the molecule is CC(C)n1ccc2cccc(CNC3CC3)c21. The topological polar surface area (TPSA) is 17.0 Å². The first kappa shape index (κ1) is 10.8. The second-order valence-electron chi connectivity index (χ2n) is 5.33. The molecule has 0 spiro atoms. The minimum atomic E-state index is 0.523. The van der Waals surface area contributed by atoms with Crippen molar-refractivity contribution in [3.63, 3.8) is 0 Å². The van der Waals surface area contributed by atoms with E-state index in [0.29, 0.717) is 6.04 Å². The summed E-state index contributed by atoms with van der Waals surface area (Å²) in [5.74, 6) is 0. The highest BCUT2D eigenvalue weighted by molar-refractivity contribution is 5.83. The predicted octanol–water partition coefficient (Wildman–Crippen LogP) is 3.47. The van der Waals surface area contributed by atoms with Crippen molar-refractivity contribution in [3.05, 3.63) is 36.0 Å². The Morgan fingerprint density at radius 2 is 2.12 bits per heavy atom. The van der Waals surface area contributed by atoms with Gasteiger partial charge in [0.1, 0.15) is 0 Å². The zero-order chi connectivity index (χ0) is 11.8. The molecule has 1 aliphatic rings. The van der Waals surface area contributed by atoms with Gasteiger partial charge < -0.3 is 9.88 Å². The van der Waals surface area contributed by atoms with Crippen molar-refractivity contribution >= 4 is 10.9 Å². The number of para-hydroxylation sites is 1. The normalized spacial score (nSPS) is 15.9. The van der Waals surface area contributed by atoms with Crippen molar-refractivity contribution < 1.29 is 0 Å². The quantitative estimate of drug-likeness (QED) is 0.847. The van der Waals surface area contributed by atoms with Gasteiger partial charge in [0.15, 0.2) is 0 Å². The average Bonchev–Trinajstić information content (AvgIpc) is 3.03. The number of fused-ring (bicyclic) bond motifs is 1. The molecule has 0 radical (unpaired) electrons. The first-order valence-corrected chi connectivity index (χ1v) is 6.57. The van der Waals surface area contributed by atoms with Crippen molar-refractivity contribution in [2.24, 2.45) is 0 Å². The summed E-state index contributed by atoms with van der Waals surface area (Å²) in [7, 11) is 0. The van der Waals surface area contributed by atoms with Gasteiger partial charge in [0.05, 0.1) is 5.52 Å². The van der Waals surface area contributed by atoms with E-state index < -0.39 is 0 Å². The summed E-state index contributed by atoms with van der Waals surface area (Å²) in [6.07, 6.45) is 4.90. The Morgan fingerprint density at radius 1 is 1.29 bits per heavy atom. The molecule has 2 nitrogen and oxygen atoms in total. The molecule has 3 rings (SSSR count). The van der Waals surface area contributed by atoms with Gasteiger partial charge in [-0.05, 0) is 43.7 Å². The summed E-state index contributed by atoms with van der Waals surface area (Å²) < 4.78 is 2.37. The van der Waals surface area contributed by atoms with Crippen molar-refractivity contribution in [1.82, 2.24) is 9.88 Å². The fourth-order valence-corrected chi connectivity index (χ4v) is 2.41. The van der Waals surface area contributed by atoms with E-state index in [4.69, 9.17) is 0 Å². The zero-order valence-electron chi connectivity index (χ0n) is 10.6. The monoisotopic (exact) mass is 228 g/mol. The minimum Gasteiger partial charge on any atom is -0.345 e. The lowest BCUT2D eigenvalue weighted by atomic mass is 10.1. The third-order valence-electron chi connectivity index (χ3n) is 3.54. The third kappa shape index (κ3) is 2.09. The summed E-state index contributed by atoms with van der Waals surface area (Å²) in [4.78, 5) is 0. The summed E-state index contributed by atoms with van der Waals surface area (Å²) in [5, 5.41) is 4.96. The van der Waals surface area contributed by atoms with Crippen LogP contribution in [0, 0.1) is 0 Å². The van der Waals surface area contributed by atoms with E-state index in [-0.39, 0.29) is 0 Å². The maximum Gasteiger partial charge on any atom is 0.0528 e. The first-order valence-electron chi connectivity index (χ1n) is 6.57. The smallest absolute Gasteiger partial charge is 0.0528 e. The number of aromatic nitrogens is 1. The highest BCUT2D eigenvalue weighted by Crippen LogP contribution is 2.25. The van der Waals surface area contributed by atoms with Crippen LogP contribution >= 0.6 is 0 Å². The first-order chi connectivity index (χ1) is 8.25. The minimum absolute atomic E-state index is 0.523. The number of benzene rings is 1. The molecule has 17 heavy (non-hydrogen) atoms. The zero-order valence-corrected chi connectivity index (χ0v) is 10.6. The molecule has 2 heteroatoms. The van der Waals surface area contributed by atoms with E-state index in [0.717, 1.165) is 12.6 Å².